The first-order valence-corrected chi connectivity index (χ1v) is 9.84. The van der Waals surface area contributed by atoms with Crippen molar-refractivity contribution in [3.63, 3.8) is 0 Å². The summed E-state index contributed by atoms with van der Waals surface area (Å²) >= 11 is 0. The molecule has 2 aromatic rings. The van der Waals surface area contributed by atoms with Crippen LogP contribution in [0.3, 0.4) is 0 Å². The molecule has 0 saturated carbocycles. The number of nitrogens with zero attached hydrogens (tertiary/aromatic N) is 3. The highest BCUT2D eigenvalue weighted by molar-refractivity contribution is 5.76. The number of amides is 2. The summed E-state index contributed by atoms with van der Waals surface area (Å²) in [4.78, 5) is 21.1. The summed E-state index contributed by atoms with van der Waals surface area (Å²) in [7, 11) is 0. The van der Waals surface area contributed by atoms with Crippen LogP contribution in [0.5, 0.6) is 0 Å². The van der Waals surface area contributed by atoms with E-state index in [1.165, 1.54) is 11.1 Å². The predicted octanol–water partition coefficient (Wildman–Crippen LogP) is 2.92. The van der Waals surface area contributed by atoms with Crippen LogP contribution < -0.4 is 10.2 Å². The van der Waals surface area contributed by atoms with E-state index in [1.807, 2.05) is 23.2 Å². The maximum absolute atomic E-state index is 12.5. The van der Waals surface area contributed by atoms with Crippen LogP contribution in [0.25, 0.3) is 5.57 Å². The van der Waals surface area contributed by atoms with Crippen LogP contribution in [0, 0.1) is 0 Å². The third-order valence-corrected chi connectivity index (χ3v) is 5.23. The van der Waals surface area contributed by atoms with Crippen molar-refractivity contribution in [2.45, 2.75) is 13.0 Å². The summed E-state index contributed by atoms with van der Waals surface area (Å²) in [6, 6.07) is 14.4. The van der Waals surface area contributed by atoms with Crippen LogP contribution in [0.4, 0.5) is 10.6 Å². The number of aromatic nitrogens is 1. The van der Waals surface area contributed by atoms with Crippen molar-refractivity contribution in [3.8, 4) is 0 Å². The van der Waals surface area contributed by atoms with Crippen LogP contribution in [-0.4, -0.2) is 55.3 Å². The fourth-order valence-corrected chi connectivity index (χ4v) is 3.59. The average Bonchev–Trinajstić information content (AvgIpc) is 2.79. The van der Waals surface area contributed by atoms with Gasteiger partial charge >= 0.3 is 6.03 Å². The second-order valence-electron chi connectivity index (χ2n) is 7.07. The van der Waals surface area contributed by atoms with Crippen LogP contribution in [0.1, 0.15) is 17.5 Å². The zero-order valence-corrected chi connectivity index (χ0v) is 16.0. The fraction of sp³-hybridized carbons (Fsp3) is 0.364. The molecule has 28 heavy (non-hydrogen) atoms. The van der Waals surface area contributed by atoms with Gasteiger partial charge < -0.3 is 19.9 Å². The average molecular weight is 378 g/mol. The lowest BCUT2D eigenvalue weighted by Crippen LogP contribution is -2.41. The first-order chi connectivity index (χ1) is 13.8. The molecule has 0 aliphatic carbocycles. The molecule has 2 amide bonds. The van der Waals surface area contributed by atoms with Gasteiger partial charge in [0, 0.05) is 38.9 Å². The van der Waals surface area contributed by atoms with Crippen LogP contribution in [-0.2, 0) is 11.3 Å². The van der Waals surface area contributed by atoms with Crippen molar-refractivity contribution in [2.24, 2.45) is 0 Å². The summed E-state index contributed by atoms with van der Waals surface area (Å²) in [5.41, 5.74) is 3.62. The number of nitrogens with one attached hydrogen (secondary N) is 1. The minimum Gasteiger partial charge on any atom is -0.378 e. The molecule has 0 spiro atoms. The molecule has 1 aromatic heterocycles. The number of hydrogen-bond donors (Lipinski definition) is 1. The molecule has 6 nitrogen and oxygen atoms in total. The summed E-state index contributed by atoms with van der Waals surface area (Å²) in [5.74, 6) is 0.948. The van der Waals surface area contributed by atoms with Gasteiger partial charge in [-0.2, -0.15) is 0 Å². The third-order valence-electron chi connectivity index (χ3n) is 5.23. The Bertz CT molecular complexity index is 831. The summed E-state index contributed by atoms with van der Waals surface area (Å²) < 4.78 is 5.40. The molecule has 0 atom stereocenters. The van der Waals surface area contributed by atoms with Crippen LogP contribution in [0.15, 0.2) is 54.7 Å². The molecule has 1 N–H and O–H groups in total. The molecule has 1 aromatic carbocycles. The number of carbonyl (C=O) groups excluding carboxylic acids is 1. The van der Waals surface area contributed by atoms with Gasteiger partial charge in [-0.3, -0.25) is 0 Å². The van der Waals surface area contributed by atoms with Crippen molar-refractivity contribution < 1.29 is 9.53 Å². The first kappa shape index (κ1) is 18.5. The number of morpholine rings is 1. The molecular weight excluding hydrogens is 352 g/mol. The SMILES string of the molecule is O=C(NCc1ccnc(N2CCOCC2)c1)N1CC=C(c2ccccc2)CC1. The van der Waals surface area contributed by atoms with Gasteiger partial charge in [0.1, 0.15) is 5.82 Å². The maximum Gasteiger partial charge on any atom is 0.317 e. The van der Waals surface area contributed by atoms with Gasteiger partial charge in [0.05, 0.1) is 13.2 Å². The van der Waals surface area contributed by atoms with Crippen LogP contribution in [0.2, 0.25) is 0 Å². The van der Waals surface area contributed by atoms with Gasteiger partial charge in [-0.25, -0.2) is 9.78 Å². The maximum atomic E-state index is 12.5. The molecule has 4 rings (SSSR count). The predicted molar refractivity (Wildman–Crippen MR) is 110 cm³/mol. The second kappa shape index (κ2) is 8.89. The quantitative estimate of drug-likeness (QED) is 0.889. The minimum absolute atomic E-state index is 0.0203. The smallest absolute Gasteiger partial charge is 0.317 e. The number of anilines is 1. The standard InChI is InChI=1S/C22H26N4O2/c27-22(26-10-7-20(8-11-26)19-4-2-1-3-5-19)24-17-18-6-9-23-21(16-18)25-12-14-28-15-13-25/h1-7,9,16H,8,10-15,17H2,(H,24,27). The Kier molecular flexibility index (Phi) is 5.87. The monoisotopic (exact) mass is 378 g/mol. The largest absolute Gasteiger partial charge is 0.378 e. The van der Waals surface area contributed by atoms with E-state index in [4.69, 9.17) is 4.74 Å². The summed E-state index contributed by atoms with van der Waals surface area (Å²) in [6.45, 7) is 5.06. The number of urea groups is 1. The van der Waals surface area contributed by atoms with E-state index in [0.29, 0.717) is 13.1 Å². The molecule has 1 saturated heterocycles. The summed E-state index contributed by atoms with van der Waals surface area (Å²) in [5, 5.41) is 3.04. The van der Waals surface area contributed by atoms with Crippen molar-refractivity contribution in [3.05, 3.63) is 65.9 Å². The van der Waals surface area contributed by atoms with E-state index >= 15 is 0 Å². The molecule has 0 radical (unpaired) electrons. The Morgan fingerprint density at radius 1 is 1.11 bits per heavy atom. The van der Waals surface area contributed by atoms with Gasteiger partial charge in [-0.05, 0) is 35.3 Å². The normalized spacial score (nSPS) is 17.2. The Morgan fingerprint density at radius 2 is 1.93 bits per heavy atom. The molecular formula is C22H26N4O2. The number of hydrogen-bond acceptors (Lipinski definition) is 4. The van der Waals surface area contributed by atoms with Gasteiger partial charge in [0.15, 0.2) is 0 Å². The van der Waals surface area contributed by atoms with E-state index < -0.39 is 0 Å². The van der Waals surface area contributed by atoms with E-state index in [-0.39, 0.29) is 6.03 Å². The number of rotatable bonds is 4. The lowest BCUT2D eigenvalue weighted by Gasteiger charge is -2.28. The van der Waals surface area contributed by atoms with Crippen molar-refractivity contribution in [2.75, 3.05) is 44.3 Å². The fourth-order valence-electron chi connectivity index (χ4n) is 3.59. The number of pyridine rings is 1. The highest BCUT2D eigenvalue weighted by Crippen LogP contribution is 2.22. The molecule has 0 bridgehead atoms. The molecule has 3 heterocycles. The van der Waals surface area contributed by atoms with E-state index in [9.17, 15) is 4.79 Å². The summed E-state index contributed by atoms with van der Waals surface area (Å²) in [6.07, 6.45) is 4.84. The Balaban J connectivity index is 1.31. The van der Waals surface area contributed by atoms with Crippen LogP contribution >= 0.6 is 0 Å². The molecule has 2 aliphatic rings. The lowest BCUT2D eigenvalue weighted by atomic mass is 10.00. The minimum atomic E-state index is -0.0203. The van der Waals surface area contributed by atoms with Gasteiger partial charge in [-0.15, -0.1) is 0 Å². The zero-order chi connectivity index (χ0) is 19.2. The number of carbonyl (C=O) groups is 1. The van der Waals surface area contributed by atoms with E-state index in [1.54, 1.807) is 0 Å². The molecule has 146 valence electrons. The Morgan fingerprint density at radius 3 is 2.68 bits per heavy atom. The van der Waals surface area contributed by atoms with Crippen molar-refractivity contribution in [1.82, 2.24) is 15.2 Å². The molecule has 1 fully saturated rings. The van der Waals surface area contributed by atoms with Crippen molar-refractivity contribution in [1.29, 1.82) is 0 Å². The molecule has 6 heteroatoms. The topological polar surface area (TPSA) is 57.7 Å². The number of ether oxygens (including phenoxy) is 1. The van der Waals surface area contributed by atoms with Crippen molar-refractivity contribution >= 4 is 17.4 Å². The Labute approximate surface area is 165 Å². The van der Waals surface area contributed by atoms with Gasteiger partial charge in [-0.1, -0.05) is 36.4 Å². The first-order valence-electron chi connectivity index (χ1n) is 9.84. The highest BCUT2D eigenvalue weighted by Gasteiger charge is 2.18. The molecule has 0 unspecified atom stereocenters. The van der Waals surface area contributed by atoms with E-state index in [0.717, 1.165) is 50.7 Å². The highest BCUT2D eigenvalue weighted by atomic mass is 16.5. The lowest BCUT2D eigenvalue weighted by molar-refractivity contribution is 0.122. The van der Waals surface area contributed by atoms with Gasteiger partial charge in [0.2, 0.25) is 0 Å². The van der Waals surface area contributed by atoms with Gasteiger partial charge in [0.25, 0.3) is 0 Å². The third kappa shape index (κ3) is 4.51. The second-order valence-corrected chi connectivity index (χ2v) is 7.07. The van der Waals surface area contributed by atoms with E-state index in [2.05, 4.69) is 51.6 Å². The Hall–Kier alpha value is -2.86. The molecule has 2 aliphatic heterocycles. The zero-order valence-electron chi connectivity index (χ0n) is 16.0. The number of benzene rings is 1.